The molecule has 0 aliphatic heterocycles. The fourth-order valence-corrected chi connectivity index (χ4v) is 2.41. The smallest absolute Gasteiger partial charge is 0.224 e. The molecule has 1 rings (SSSR count). The van der Waals surface area contributed by atoms with Crippen LogP contribution in [0.4, 0.5) is 0 Å². The molecule has 0 spiro atoms. The lowest BCUT2D eigenvalue weighted by molar-refractivity contribution is 0.539. The molecule has 1 aromatic rings. The minimum Gasteiger partial charge on any atom is -0.548 e. The zero-order valence-corrected chi connectivity index (χ0v) is 12.5. The van der Waals surface area contributed by atoms with Crippen molar-refractivity contribution in [1.82, 2.24) is 0 Å². The molecule has 0 fully saturated rings. The molecule has 0 saturated carbocycles. The molecule has 0 amide bonds. The van der Waals surface area contributed by atoms with E-state index in [9.17, 15) is 0 Å². The molecule has 0 heterocycles. The lowest BCUT2D eigenvalue weighted by Crippen LogP contribution is -2.16. The van der Waals surface area contributed by atoms with Gasteiger partial charge in [-0.1, -0.05) is 45.6 Å². The van der Waals surface area contributed by atoms with Gasteiger partial charge in [-0.15, -0.1) is 0 Å². The number of rotatable bonds is 3. The van der Waals surface area contributed by atoms with E-state index in [4.69, 9.17) is 4.43 Å². The van der Waals surface area contributed by atoms with E-state index in [1.807, 2.05) is 6.08 Å². The van der Waals surface area contributed by atoms with Crippen molar-refractivity contribution >= 4 is 15.8 Å². The van der Waals surface area contributed by atoms with E-state index < -0.39 is 9.76 Å². The van der Waals surface area contributed by atoms with Gasteiger partial charge < -0.3 is 4.43 Å². The van der Waals surface area contributed by atoms with Crippen molar-refractivity contribution in [2.75, 3.05) is 0 Å². The van der Waals surface area contributed by atoms with Crippen LogP contribution in [0.25, 0.3) is 6.08 Å². The molecular weight excluding hydrogens is 212 g/mol. The Hall–Kier alpha value is -1.02. The minimum atomic E-state index is -0.565. The molecule has 0 atom stereocenters. The third-order valence-electron chi connectivity index (χ3n) is 2.58. The summed E-state index contributed by atoms with van der Waals surface area (Å²) in [6.07, 6.45) is 1.87. The van der Waals surface area contributed by atoms with Crippen molar-refractivity contribution in [3.8, 4) is 5.75 Å². The molecule has 88 valence electrons. The fraction of sp³-hybridized carbons (Fsp3) is 0.429. The molecule has 0 radical (unpaired) electrons. The second-order valence-electron chi connectivity index (χ2n) is 5.48. The average Bonchev–Trinajstić information content (AvgIpc) is 2.19. The van der Waals surface area contributed by atoms with Gasteiger partial charge in [-0.25, -0.2) is 0 Å². The van der Waals surface area contributed by atoms with Gasteiger partial charge in [0.1, 0.15) is 5.75 Å². The third kappa shape index (κ3) is 3.24. The Morgan fingerprint density at radius 3 is 2.38 bits per heavy atom. The van der Waals surface area contributed by atoms with E-state index in [0.29, 0.717) is 5.04 Å². The van der Waals surface area contributed by atoms with Gasteiger partial charge in [-0.3, -0.25) is 0 Å². The third-order valence-corrected chi connectivity index (χ3v) is 3.88. The van der Waals surface area contributed by atoms with Gasteiger partial charge in [0, 0.05) is 5.56 Å². The van der Waals surface area contributed by atoms with E-state index in [1.165, 1.54) is 11.1 Å². The van der Waals surface area contributed by atoms with Gasteiger partial charge in [-0.2, -0.15) is 0 Å². The van der Waals surface area contributed by atoms with Crippen molar-refractivity contribution in [2.24, 2.45) is 0 Å². The Labute approximate surface area is 101 Å². The first-order chi connectivity index (χ1) is 7.35. The second-order valence-corrected chi connectivity index (χ2v) is 8.18. The number of hydrogen-bond acceptors (Lipinski definition) is 1. The maximum atomic E-state index is 6.07. The van der Waals surface area contributed by atoms with Crippen LogP contribution in [0, 0.1) is 13.8 Å². The van der Waals surface area contributed by atoms with Gasteiger partial charge in [0.25, 0.3) is 0 Å². The van der Waals surface area contributed by atoms with Crippen molar-refractivity contribution in [3.63, 3.8) is 0 Å². The van der Waals surface area contributed by atoms with Gasteiger partial charge in [-0.05, 0) is 30.0 Å². The van der Waals surface area contributed by atoms with Crippen molar-refractivity contribution in [3.05, 3.63) is 35.4 Å². The number of aryl methyl sites for hydroxylation is 1. The van der Waals surface area contributed by atoms with Crippen LogP contribution >= 0.6 is 0 Å². The second kappa shape index (κ2) is 4.87. The van der Waals surface area contributed by atoms with Crippen LogP contribution in [0.15, 0.2) is 18.7 Å². The van der Waals surface area contributed by atoms with Crippen molar-refractivity contribution < 1.29 is 4.43 Å². The van der Waals surface area contributed by atoms with E-state index in [0.717, 1.165) is 11.3 Å². The van der Waals surface area contributed by atoms with Crippen LogP contribution in [-0.2, 0) is 0 Å². The standard InChI is InChI=1S/C14H22OSi/c1-7-12-9-8-10(2)11(3)13(12)15-16-14(4,5)6/h7-9H,1,16H2,2-6H3. The Morgan fingerprint density at radius 2 is 1.88 bits per heavy atom. The SMILES string of the molecule is C=Cc1ccc(C)c(C)c1O[SiH2]C(C)(C)C. The first-order valence-electron chi connectivity index (χ1n) is 5.70. The van der Waals surface area contributed by atoms with E-state index in [2.05, 4.69) is 53.3 Å². The summed E-state index contributed by atoms with van der Waals surface area (Å²) in [6, 6.07) is 4.21. The van der Waals surface area contributed by atoms with Crippen molar-refractivity contribution in [2.45, 2.75) is 39.7 Å². The molecule has 0 aromatic heterocycles. The van der Waals surface area contributed by atoms with Crippen LogP contribution in [0.3, 0.4) is 0 Å². The molecule has 2 heteroatoms. The summed E-state index contributed by atoms with van der Waals surface area (Å²) in [6.45, 7) is 14.8. The van der Waals surface area contributed by atoms with Gasteiger partial charge in [0.2, 0.25) is 9.76 Å². The normalized spacial score (nSPS) is 12.1. The highest BCUT2D eigenvalue weighted by atomic mass is 28.2. The monoisotopic (exact) mass is 234 g/mol. The average molecular weight is 234 g/mol. The summed E-state index contributed by atoms with van der Waals surface area (Å²) in [4.78, 5) is 0. The first kappa shape index (κ1) is 13.0. The number of hydrogen-bond donors (Lipinski definition) is 0. The van der Waals surface area contributed by atoms with E-state index in [1.54, 1.807) is 0 Å². The summed E-state index contributed by atoms with van der Waals surface area (Å²) >= 11 is 0. The first-order valence-corrected chi connectivity index (χ1v) is 6.99. The largest absolute Gasteiger partial charge is 0.548 e. The van der Waals surface area contributed by atoms with Crippen LogP contribution in [0.5, 0.6) is 5.75 Å². The van der Waals surface area contributed by atoms with Crippen molar-refractivity contribution in [1.29, 1.82) is 0 Å². The molecule has 0 aliphatic carbocycles. The molecule has 0 unspecified atom stereocenters. The zero-order valence-electron chi connectivity index (χ0n) is 11.1. The topological polar surface area (TPSA) is 9.23 Å². The molecule has 0 N–H and O–H groups in total. The Morgan fingerprint density at radius 1 is 1.25 bits per heavy atom. The predicted octanol–water partition coefficient (Wildman–Crippen LogP) is 3.63. The van der Waals surface area contributed by atoms with E-state index in [-0.39, 0.29) is 0 Å². The molecule has 0 aliphatic rings. The molecule has 0 bridgehead atoms. The lowest BCUT2D eigenvalue weighted by Gasteiger charge is -2.21. The van der Waals surface area contributed by atoms with Crippen LogP contribution in [-0.4, -0.2) is 9.76 Å². The molecular formula is C14H22OSi. The molecule has 0 saturated heterocycles. The quantitative estimate of drug-likeness (QED) is 0.726. The molecule has 1 nitrogen and oxygen atoms in total. The lowest BCUT2D eigenvalue weighted by atomic mass is 10.0. The van der Waals surface area contributed by atoms with Crippen LogP contribution < -0.4 is 4.43 Å². The Bertz CT molecular complexity index is 388. The summed E-state index contributed by atoms with van der Waals surface area (Å²) < 4.78 is 6.07. The maximum absolute atomic E-state index is 6.07. The Balaban J connectivity index is 3.01. The summed E-state index contributed by atoms with van der Waals surface area (Å²) in [5.74, 6) is 1.04. The van der Waals surface area contributed by atoms with E-state index >= 15 is 0 Å². The highest BCUT2D eigenvalue weighted by molar-refractivity contribution is 6.32. The number of benzene rings is 1. The summed E-state index contributed by atoms with van der Waals surface area (Å²) in [5, 5.41) is 0.314. The van der Waals surface area contributed by atoms with Crippen LogP contribution in [0.1, 0.15) is 37.5 Å². The van der Waals surface area contributed by atoms with Gasteiger partial charge >= 0.3 is 0 Å². The summed E-state index contributed by atoms with van der Waals surface area (Å²) in [7, 11) is -0.565. The molecule has 16 heavy (non-hydrogen) atoms. The summed E-state index contributed by atoms with van der Waals surface area (Å²) in [5.41, 5.74) is 3.64. The predicted molar refractivity (Wildman–Crippen MR) is 74.9 cm³/mol. The van der Waals surface area contributed by atoms with Gasteiger partial charge in [0.15, 0.2) is 0 Å². The zero-order chi connectivity index (χ0) is 12.3. The highest BCUT2D eigenvalue weighted by Crippen LogP contribution is 2.29. The van der Waals surface area contributed by atoms with Gasteiger partial charge in [0.05, 0.1) is 0 Å². The fourth-order valence-electron chi connectivity index (χ4n) is 1.45. The maximum Gasteiger partial charge on any atom is 0.224 e. The highest BCUT2D eigenvalue weighted by Gasteiger charge is 2.15. The molecule has 1 aromatic carbocycles. The Kier molecular flexibility index (Phi) is 3.97. The van der Waals surface area contributed by atoms with Crippen LogP contribution in [0.2, 0.25) is 5.04 Å². The minimum absolute atomic E-state index is 0.314.